The maximum Gasteiger partial charge on any atom is 0.136 e. The van der Waals surface area contributed by atoms with Crippen LogP contribution in [0, 0.1) is 0 Å². The number of carbonyl (C=O) groups excluding carboxylic acids is 1. The molecule has 0 aromatic heterocycles. The van der Waals surface area contributed by atoms with Crippen molar-refractivity contribution in [3.63, 3.8) is 0 Å². The minimum absolute atomic E-state index is 0.167. The summed E-state index contributed by atoms with van der Waals surface area (Å²) >= 11 is 0. The lowest BCUT2D eigenvalue weighted by atomic mass is 10.2. The monoisotopic (exact) mass is 129 g/mol. The third kappa shape index (κ3) is 3.25. The quantitative estimate of drug-likeness (QED) is 0.534. The molecule has 0 aromatic rings. The second kappa shape index (κ2) is 5.76. The summed E-state index contributed by atoms with van der Waals surface area (Å²) in [6.45, 7) is 5.02. The van der Waals surface area contributed by atoms with Gasteiger partial charge in [-0.05, 0) is 19.4 Å². The van der Waals surface area contributed by atoms with Crippen molar-refractivity contribution < 1.29 is 4.79 Å². The van der Waals surface area contributed by atoms with Gasteiger partial charge in [0.1, 0.15) is 6.29 Å². The van der Waals surface area contributed by atoms with Crippen LogP contribution < -0.4 is 5.32 Å². The van der Waals surface area contributed by atoms with Crippen molar-refractivity contribution in [2.75, 3.05) is 6.54 Å². The van der Waals surface area contributed by atoms with E-state index >= 15 is 0 Å². The SMILES string of the molecule is CC.O=C[C@@H]1CCCN1. The third-order valence-corrected chi connectivity index (χ3v) is 1.26. The van der Waals surface area contributed by atoms with Crippen LogP contribution in [-0.2, 0) is 4.79 Å². The van der Waals surface area contributed by atoms with E-state index in [1.807, 2.05) is 13.8 Å². The van der Waals surface area contributed by atoms with E-state index in [4.69, 9.17) is 0 Å². The number of hydrogen-bond donors (Lipinski definition) is 1. The maximum atomic E-state index is 9.94. The van der Waals surface area contributed by atoms with Crippen LogP contribution >= 0.6 is 0 Å². The molecule has 1 saturated heterocycles. The molecule has 0 aromatic carbocycles. The number of carbonyl (C=O) groups is 1. The highest BCUT2D eigenvalue weighted by atomic mass is 16.1. The Labute approximate surface area is 56.6 Å². The highest BCUT2D eigenvalue weighted by Crippen LogP contribution is 2.00. The molecule has 0 aliphatic carbocycles. The Balaban J connectivity index is 0.000000291. The van der Waals surface area contributed by atoms with Gasteiger partial charge in [0.15, 0.2) is 0 Å². The van der Waals surface area contributed by atoms with E-state index in [0.29, 0.717) is 0 Å². The van der Waals surface area contributed by atoms with Crippen molar-refractivity contribution in [2.45, 2.75) is 32.7 Å². The smallest absolute Gasteiger partial charge is 0.136 e. The van der Waals surface area contributed by atoms with Crippen molar-refractivity contribution in [1.29, 1.82) is 0 Å². The van der Waals surface area contributed by atoms with Crippen LogP contribution in [0.15, 0.2) is 0 Å². The molecule has 0 amide bonds. The molecular formula is C7H15NO. The number of hydrogen-bond acceptors (Lipinski definition) is 2. The summed E-state index contributed by atoms with van der Waals surface area (Å²) in [5.74, 6) is 0. The van der Waals surface area contributed by atoms with Crippen LogP contribution in [0.25, 0.3) is 0 Å². The van der Waals surface area contributed by atoms with Crippen molar-refractivity contribution in [3.05, 3.63) is 0 Å². The first-order valence-electron chi connectivity index (χ1n) is 3.62. The van der Waals surface area contributed by atoms with Gasteiger partial charge < -0.3 is 10.1 Å². The van der Waals surface area contributed by atoms with Gasteiger partial charge in [0, 0.05) is 0 Å². The fourth-order valence-corrected chi connectivity index (χ4v) is 0.828. The van der Waals surface area contributed by atoms with E-state index < -0.39 is 0 Å². The van der Waals surface area contributed by atoms with Gasteiger partial charge >= 0.3 is 0 Å². The van der Waals surface area contributed by atoms with Gasteiger partial charge in [-0.2, -0.15) is 0 Å². The summed E-state index contributed by atoms with van der Waals surface area (Å²) in [6, 6.07) is 0.167. The Hall–Kier alpha value is -0.370. The molecule has 54 valence electrons. The fraction of sp³-hybridized carbons (Fsp3) is 0.857. The Morgan fingerprint density at radius 1 is 1.56 bits per heavy atom. The fourth-order valence-electron chi connectivity index (χ4n) is 0.828. The minimum atomic E-state index is 0.167. The topological polar surface area (TPSA) is 29.1 Å². The first-order chi connectivity index (χ1) is 4.43. The molecule has 0 spiro atoms. The second-order valence-electron chi connectivity index (χ2n) is 1.84. The first-order valence-corrected chi connectivity index (χ1v) is 3.62. The molecule has 0 radical (unpaired) electrons. The molecule has 1 heterocycles. The Morgan fingerprint density at radius 3 is 2.44 bits per heavy atom. The van der Waals surface area contributed by atoms with E-state index in [-0.39, 0.29) is 6.04 Å². The average Bonchev–Trinajstić information content (AvgIpc) is 2.43. The largest absolute Gasteiger partial charge is 0.308 e. The zero-order chi connectivity index (χ0) is 7.11. The molecule has 1 aliphatic rings. The van der Waals surface area contributed by atoms with Crippen LogP contribution in [0.3, 0.4) is 0 Å². The highest BCUT2D eigenvalue weighted by molar-refractivity contribution is 5.57. The van der Waals surface area contributed by atoms with Crippen LogP contribution in [0.1, 0.15) is 26.7 Å². The zero-order valence-corrected chi connectivity index (χ0v) is 6.18. The molecule has 2 heteroatoms. The Morgan fingerprint density at radius 2 is 2.22 bits per heavy atom. The Kier molecular flexibility index (Phi) is 5.52. The molecule has 2 nitrogen and oxygen atoms in total. The number of rotatable bonds is 1. The maximum absolute atomic E-state index is 9.94. The highest BCUT2D eigenvalue weighted by Gasteiger charge is 2.10. The molecule has 1 fully saturated rings. The summed E-state index contributed by atoms with van der Waals surface area (Å²) in [6.07, 6.45) is 3.17. The lowest BCUT2D eigenvalue weighted by Crippen LogP contribution is -2.21. The summed E-state index contributed by atoms with van der Waals surface area (Å²) in [7, 11) is 0. The van der Waals surface area contributed by atoms with Crippen molar-refractivity contribution in [3.8, 4) is 0 Å². The van der Waals surface area contributed by atoms with E-state index in [2.05, 4.69) is 5.32 Å². The molecule has 0 bridgehead atoms. The third-order valence-electron chi connectivity index (χ3n) is 1.26. The van der Waals surface area contributed by atoms with Crippen molar-refractivity contribution in [2.24, 2.45) is 0 Å². The van der Waals surface area contributed by atoms with Gasteiger partial charge in [0.2, 0.25) is 0 Å². The molecule has 1 aliphatic heterocycles. The number of nitrogens with one attached hydrogen (secondary N) is 1. The second-order valence-corrected chi connectivity index (χ2v) is 1.84. The lowest BCUT2D eigenvalue weighted by molar-refractivity contribution is -0.109. The lowest BCUT2D eigenvalue weighted by Gasteiger charge is -1.93. The van der Waals surface area contributed by atoms with Gasteiger partial charge in [0.25, 0.3) is 0 Å². The predicted molar refractivity (Wildman–Crippen MR) is 38.4 cm³/mol. The summed E-state index contributed by atoms with van der Waals surface area (Å²) in [4.78, 5) is 9.94. The summed E-state index contributed by atoms with van der Waals surface area (Å²) in [5, 5.41) is 3.04. The molecule has 0 unspecified atom stereocenters. The molecule has 0 saturated carbocycles. The molecular weight excluding hydrogens is 114 g/mol. The minimum Gasteiger partial charge on any atom is -0.308 e. The van der Waals surface area contributed by atoms with Crippen LogP contribution in [-0.4, -0.2) is 18.9 Å². The number of aldehydes is 1. The van der Waals surface area contributed by atoms with Gasteiger partial charge in [-0.1, -0.05) is 13.8 Å². The predicted octanol–water partition coefficient (Wildman–Crippen LogP) is 0.964. The molecule has 1 N–H and O–H groups in total. The first kappa shape index (κ1) is 8.63. The van der Waals surface area contributed by atoms with Gasteiger partial charge in [-0.15, -0.1) is 0 Å². The van der Waals surface area contributed by atoms with E-state index in [9.17, 15) is 4.79 Å². The van der Waals surface area contributed by atoms with Gasteiger partial charge in [0.05, 0.1) is 6.04 Å². The van der Waals surface area contributed by atoms with E-state index in [1.165, 1.54) is 0 Å². The summed E-state index contributed by atoms with van der Waals surface area (Å²) in [5.41, 5.74) is 0. The molecule has 1 atom stereocenters. The zero-order valence-electron chi connectivity index (χ0n) is 6.18. The standard InChI is InChI=1S/C5H9NO.C2H6/c7-4-5-2-1-3-6-5;1-2/h4-6H,1-3H2;1-2H3/t5-;/m0./s1. The van der Waals surface area contributed by atoms with Gasteiger partial charge in [-0.3, -0.25) is 0 Å². The van der Waals surface area contributed by atoms with Crippen molar-refractivity contribution >= 4 is 6.29 Å². The van der Waals surface area contributed by atoms with Crippen LogP contribution in [0.4, 0.5) is 0 Å². The average molecular weight is 129 g/mol. The van der Waals surface area contributed by atoms with Gasteiger partial charge in [-0.25, -0.2) is 0 Å². The Bertz CT molecular complexity index is 67.3. The summed E-state index contributed by atoms with van der Waals surface area (Å²) < 4.78 is 0. The molecule has 9 heavy (non-hydrogen) atoms. The molecule has 1 rings (SSSR count). The van der Waals surface area contributed by atoms with Crippen LogP contribution in [0.5, 0.6) is 0 Å². The van der Waals surface area contributed by atoms with E-state index in [1.54, 1.807) is 0 Å². The normalized spacial score (nSPS) is 24.4. The van der Waals surface area contributed by atoms with E-state index in [0.717, 1.165) is 25.7 Å². The van der Waals surface area contributed by atoms with Crippen LogP contribution in [0.2, 0.25) is 0 Å². The van der Waals surface area contributed by atoms with Crippen molar-refractivity contribution in [1.82, 2.24) is 5.32 Å².